The molecule has 0 bridgehead atoms. The van der Waals surface area contributed by atoms with Gasteiger partial charge in [0.2, 0.25) is 0 Å². The van der Waals surface area contributed by atoms with Gasteiger partial charge in [0.25, 0.3) is 0 Å². The molecule has 1 N–H and O–H groups in total. The summed E-state index contributed by atoms with van der Waals surface area (Å²) in [6, 6.07) is 0.490. The monoisotopic (exact) mass is 236 g/mol. The van der Waals surface area contributed by atoms with Crippen LogP contribution in [0.25, 0.3) is 0 Å². The van der Waals surface area contributed by atoms with E-state index in [0.29, 0.717) is 6.04 Å². The van der Waals surface area contributed by atoms with Crippen molar-refractivity contribution in [2.45, 2.75) is 46.6 Å². The van der Waals surface area contributed by atoms with Crippen molar-refractivity contribution in [3.63, 3.8) is 0 Å². The van der Waals surface area contributed by atoms with Crippen LogP contribution in [0.5, 0.6) is 0 Å². The van der Waals surface area contributed by atoms with Crippen LogP contribution in [-0.2, 0) is 6.42 Å². The summed E-state index contributed by atoms with van der Waals surface area (Å²) in [7, 11) is 2.10. The van der Waals surface area contributed by atoms with Gasteiger partial charge in [0.1, 0.15) is 18.0 Å². The van der Waals surface area contributed by atoms with Gasteiger partial charge in [-0.2, -0.15) is 0 Å². The molecule has 4 nitrogen and oxygen atoms in total. The first kappa shape index (κ1) is 13.7. The Balaban J connectivity index is 3.10. The summed E-state index contributed by atoms with van der Waals surface area (Å²) in [6.07, 6.45) is 3.70. The predicted molar refractivity (Wildman–Crippen MR) is 73.7 cm³/mol. The van der Waals surface area contributed by atoms with Gasteiger partial charge in [-0.1, -0.05) is 13.8 Å². The van der Waals surface area contributed by atoms with Crippen molar-refractivity contribution in [1.29, 1.82) is 0 Å². The molecule has 0 saturated carbocycles. The third-order valence-corrected chi connectivity index (χ3v) is 3.21. The summed E-state index contributed by atoms with van der Waals surface area (Å²) in [5.41, 5.74) is 1.21. The van der Waals surface area contributed by atoms with Crippen molar-refractivity contribution in [2.24, 2.45) is 0 Å². The van der Waals surface area contributed by atoms with Crippen LogP contribution in [-0.4, -0.2) is 29.6 Å². The number of anilines is 2. The van der Waals surface area contributed by atoms with Gasteiger partial charge in [-0.3, -0.25) is 0 Å². The van der Waals surface area contributed by atoms with Crippen molar-refractivity contribution < 1.29 is 0 Å². The number of rotatable bonds is 6. The van der Waals surface area contributed by atoms with E-state index in [2.05, 4.69) is 54.9 Å². The summed E-state index contributed by atoms with van der Waals surface area (Å²) in [6.45, 7) is 9.53. The Bertz CT molecular complexity index is 351. The molecule has 0 saturated heterocycles. The SMILES string of the molecule is CCNc1ncnc(N(C)C(C)CC)c1CC. The maximum Gasteiger partial charge on any atom is 0.137 e. The highest BCUT2D eigenvalue weighted by Gasteiger charge is 2.16. The average molecular weight is 236 g/mol. The smallest absolute Gasteiger partial charge is 0.137 e. The summed E-state index contributed by atoms with van der Waals surface area (Å²) in [5, 5.41) is 3.30. The van der Waals surface area contributed by atoms with E-state index in [9.17, 15) is 0 Å². The highest BCUT2D eigenvalue weighted by molar-refractivity contribution is 5.58. The van der Waals surface area contributed by atoms with Crippen LogP contribution in [0.3, 0.4) is 0 Å². The fourth-order valence-electron chi connectivity index (χ4n) is 1.83. The van der Waals surface area contributed by atoms with Crippen LogP contribution in [0.1, 0.15) is 39.7 Å². The number of aromatic nitrogens is 2. The minimum absolute atomic E-state index is 0.490. The molecule has 1 aromatic rings. The number of nitrogens with one attached hydrogen (secondary N) is 1. The second-order valence-electron chi connectivity index (χ2n) is 4.28. The maximum absolute atomic E-state index is 4.44. The maximum atomic E-state index is 4.44. The second kappa shape index (κ2) is 6.42. The number of nitrogens with zero attached hydrogens (tertiary/aromatic N) is 3. The lowest BCUT2D eigenvalue weighted by Gasteiger charge is -2.27. The lowest BCUT2D eigenvalue weighted by Crippen LogP contribution is -2.30. The quantitative estimate of drug-likeness (QED) is 0.824. The number of hydrogen-bond donors (Lipinski definition) is 1. The van der Waals surface area contributed by atoms with Gasteiger partial charge >= 0.3 is 0 Å². The molecule has 96 valence electrons. The van der Waals surface area contributed by atoms with Gasteiger partial charge in [-0.15, -0.1) is 0 Å². The molecule has 1 heterocycles. The molecular formula is C13H24N4. The molecule has 1 unspecified atom stereocenters. The van der Waals surface area contributed by atoms with E-state index in [1.165, 1.54) is 5.56 Å². The normalized spacial score (nSPS) is 12.3. The Morgan fingerprint density at radius 3 is 2.53 bits per heavy atom. The molecule has 0 aliphatic rings. The van der Waals surface area contributed by atoms with Gasteiger partial charge in [0, 0.05) is 25.2 Å². The van der Waals surface area contributed by atoms with E-state index in [0.717, 1.165) is 31.0 Å². The van der Waals surface area contributed by atoms with E-state index in [1.54, 1.807) is 6.33 Å². The Labute approximate surface area is 104 Å². The fourth-order valence-corrected chi connectivity index (χ4v) is 1.83. The van der Waals surface area contributed by atoms with Gasteiger partial charge in [0.15, 0.2) is 0 Å². The molecule has 0 fully saturated rings. The lowest BCUT2D eigenvalue weighted by molar-refractivity contribution is 0.653. The summed E-state index contributed by atoms with van der Waals surface area (Å²) in [5.74, 6) is 2.02. The largest absolute Gasteiger partial charge is 0.370 e. The molecule has 0 aliphatic carbocycles. The first-order valence-electron chi connectivity index (χ1n) is 6.46. The molecule has 0 aliphatic heterocycles. The standard InChI is InChI=1S/C13H24N4/c1-6-10(4)17(5)13-11(7-2)12(14-8-3)15-9-16-13/h9-10H,6-8H2,1-5H3,(H,14,15,16). The van der Waals surface area contributed by atoms with Gasteiger partial charge in [-0.05, 0) is 26.7 Å². The number of hydrogen-bond acceptors (Lipinski definition) is 4. The molecular weight excluding hydrogens is 212 g/mol. The molecule has 4 heteroatoms. The molecule has 0 aromatic carbocycles. The van der Waals surface area contributed by atoms with Crippen molar-refractivity contribution in [3.8, 4) is 0 Å². The van der Waals surface area contributed by atoms with E-state index in [-0.39, 0.29) is 0 Å². The summed E-state index contributed by atoms with van der Waals surface area (Å²) >= 11 is 0. The zero-order chi connectivity index (χ0) is 12.8. The fraction of sp³-hybridized carbons (Fsp3) is 0.692. The third kappa shape index (κ3) is 3.08. The molecule has 1 atom stereocenters. The van der Waals surface area contributed by atoms with Crippen molar-refractivity contribution in [3.05, 3.63) is 11.9 Å². The zero-order valence-electron chi connectivity index (χ0n) is 11.6. The van der Waals surface area contributed by atoms with Gasteiger partial charge < -0.3 is 10.2 Å². The van der Waals surface area contributed by atoms with Crippen molar-refractivity contribution in [1.82, 2.24) is 9.97 Å². The first-order chi connectivity index (χ1) is 8.15. The Hall–Kier alpha value is -1.32. The Morgan fingerprint density at radius 2 is 2.00 bits per heavy atom. The first-order valence-corrected chi connectivity index (χ1v) is 6.46. The van der Waals surface area contributed by atoms with Crippen LogP contribution >= 0.6 is 0 Å². The van der Waals surface area contributed by atoms with Crippen molar-refractivity contribution in [2.75, 3.05) is 23.8 Å². The highest BCUT2D eigenvalue weighted by atomic mass is 15.2. The molecule has 0 radical (unpaired) electrons. The Kier molecular flexibility index (Phi) is 5.19. The van der Waals surface area contributed by atoms with Gasteiger partial charge in [-0.25, -0.2) is 9.97 Å². The molecule has 1 aromatic heterocycles. The van der Waals surface area contributed by atoms with Crippen LogP contribution in [0.2, 0.25) is 0 Å². The third-order valence-electron chi connectivity index (χ3n) is 3.21. The predicted octanol–water partition coefficient (Wildman–Crippen LogP) is 2.71. The summed E-state index contributed by atoms with van der Waals surface area (Å²) < 4.78 is 0. The minimum Gasteiger partial charge on any atom is -0.370 e. The van der Waals surface area contributed by atoms with E-state index in [4.69, 9.17) is 0 Å². The van der Waals surface area contributed by atoms with Crippen LogP contribution in [0.4, 0.5) is 11.6 Å². The second-order valence-corrected chi connectivity index (χ2v) is 4.28. The summed E-state index contributed by atoms with van der Waals surface area (Å²) in [4.78, 5) is 11.0. The van der Waals surface area contributed by atoms with E-state index >= 15 is 0 Å². The average Bonchev–Trinajstić information content (AvgIpc) is 2.37. The minimum atomic E-state index is 0.490. The Morgan fingerprint density at radius 1 is 1.29 bits per heavy atom. The van der Waals surface area contributed by atoms with Crippen molar-refractivity contribution >= 4 is 11.6 Å². The van der Waals surface area contributed by atoms with E-state index < -0.39 is 0 Å². The molecule has 0 amide bonds. The van der Waals surface area contributed by atoms with Crippen LogP contribution in [0, 0.1) is 0 Å². The van der Waals surface area contributed by atoms with Crippen LogP contribution in [0.15, 0.2) is 6.33 Å². The lowest BCUT2D eigenvalue weighted by atomic mass is 10.1. The topological polar surface area (TPSA) is 41.1 Å². The molecule has 0 spiro atoms. The molecule has 17 heavy (non-hydrogen) atoms. The van der Waals surface area contributed by atoms with E-state index in [1.807, 2.05) is 0 Å². The highest BCUT2D eigenvalue weighted by Crippen LogP contribution is 2.24. The van der Waals surface area contributed by atoms with Gasteiger partial charge in [0.05, 0.1) is 0 Å². The zero-order valence-corrected chi connectivity index (χ0v) is 11.6. The van der Waals surface area contributed by atoms with Crippen LogP contribution < -0.4 is 10.2 Å². The molecule has 1 rings (SSSR count).